The summed E-state index contributed by atoms with van der Waals surface area (Å²) in [5.41, 5.74) is 1.45. The molecule has 1 aromatic carbocycles. The molecule has 24 heavy (non-hydrogen) atoms. The Labute approximate surface area is 135 Å². The Morgan fingerprint density at radius 2 is 2.08 bits per heavy atom. The van der Waals surface area contributed by atoms with Gasteiger partial charge in [0.05, 0.1) is 22.2 Å². The molecule has 118 valence electrons. The second-order valence-corrected chi connectivity index (χ2v) is 5.43. The summed E-state index contributed by atoms with van der Waals surface area (Å²) in [5.74, 6) is -0.479. The monoisotopic (exact) mass is 320 g/mol. The number of H-pyrrole nitrogens is 1. The second kappa shape index (κ2) is 5.02. The number of benzene rings is 1. The van der Waals surface area contributed by atoms with Gasteiger partial charge < -0.3 is 10.1 Å². The number of aromatic nitrogens is 4. The average Bonchev–Trinajstić information content (AvgIpc) is 2.92. The highest BCUT2D eigenvalue weighted by Gasteiger charge is 2.16. The van der Waals surface area contributed by atoms with Crippen LogP contribution >= 0.6 is 0 Å². The van der Waals surface area contributed by atoms with Crippen molar-refractivity contribution in [1.29, 1.82) is 0 Å². The Morgan fingerprint density at radius 3 is 2.79 bits per heavy atom. The van der Waals surface area contributed by atoms with Gasteiger partial charge >= 0.3 is 5.97 Å². The van der Waals surface area contributed by atoms with Crippen LogP contribution < -0.4 is 5.43 Å². The minimum Gasteiger partial charge on any atom is -0.478 e. The molecule has 0 aliphatic rings. The second-order valence-electron chi connectivity index (χ2n) is 5.43. The first-order valence-electron chi connectivity index (χ1n) is 7.26. The summed E-state index contributed by atoms with van der Waals surface area (Å²) >= 11 is 0. The third kappa shape index (κ3) is 1.98. The molecule has 0 amide bonds. The van der Waals surface area contributed by atoms with Crippen LogP contribution in [0.2, 0.25) is 0 Å². The molecule has 0 spiro atoms. The van der Waals surface area contributed by atoms with Crippen LogP contribution in [0.4, 0.5) is 0 Å². The van der Waals surface area contributed by atoms with E-state index in [0.29, 0.717) is 33.4 Å². The van der Waals surface area contributed by atoms with E-state index in [-0.39, 0.29) is 11.0 Å². The SMILES string of the molecule is Cc1nn(-c2ccccn2)c2[nH]c3cc(C(=O)O)ccc3c(=O)c12. The molecule has 4 rings (SSSR count). The van der Waals surface area contributed by atoms with E-state index in [1.54, 1.807) is 29.9 Å². The summed E-state index contributed by atoms with van der Waals surface area (Å²) < 4.78 is 1.55. The molecular formula is C17H12N4O3. The Kier molecular flexibility index (Phi) is 2.96. The fraction of sp³-hybridized carbons (Fsp3) is 0.0588. The Morgan fingerprint density at radius 1 is 1.25 bits per heavy atom. The first-order chi connectivity index (χ1) is 11.6. The minimum absolute atomic E-state index is 0.109. The van der Waals surface area contributed by atoms with Gasteiger partial charge in [0.2, 0.25) is 5.43 Å². The molecule has 3 heterocycles. The molecular weight excluding hydrogens is 308 g/mol. The lowest BCUT2D eigenvalue weighted by Gasteiger charge is -2.04. The van der Waals surface area contributed by atoms with Gasteiger partial charge in [-0.3, -0.25) is 4.79 Å². The summed E-state index contributed by atoms with van der Waals surface area (Å²) in [6.45, 7) is 1.76. The topological polar surface area (TPSA) is 101 Å². The number of aromatic amines is 1. The van der Waals surface area contributed by atoms with Crippen LogP contribution in [-0.2, 0) is 0 Å². The van der Waals surface area contributed by atoms with Crippen molar-refractivity contribution in [3.63, 3.8) is 0 Å². The van der Waals surface area contributed by atoms with Gasteiger partial charge in [-0.1, -0.05) is 6.07 Å². The van der Waals surface area contributed by atoms with Gasteiger partial charge in [0.1, 0.15) is 5.65 Å². The fourth-order valence-corrected chi connectivity index (χ4v) is 2.80. The first kappa shape index (κ1) is 14.1. The number of carboxylic acids is 1. The van der Waals surface area contributed by atoms with Crippen LogP contribution in [0.1, 0.15) is 16.1 Å². The Hall–Kier alpha value is -3.48. The van der Waals surface area contributed by atoms with Crippen LogP contribution in [0, 0.1) is 6.92 Å². The molecule has 0 bridgehead atoms. The number of hydrogen-bond donors (Lipinski definition) is 2. The first-order valence-corrected chi connectivity index (χ1v) is 7.26. The molecule has 2 N–H and O–H groups in total. The van der Waals surface area contributed by atoms with Crippen molar-refractivity contribution in [3.8, 4) is 5.82 Å². The number of aryl methyl sites for hydroxylation is 1. The van der Waals surface area contributed by atoms with Crippen LogP contribution in [0.15, 0.2) is 47.4 Å². The van der Waals surface area contributed by atoms with Gasteiger partial charge in [-0.2, -0.15) is 9.78 Å². The zero-order chi connectivity index (χ0) is 16.8. The third-order valence-electron chi connectivity index (χ3n) is 3.92. The predicted octanol–water partition coefficient (Wildman–Crippen LogP) is 2.27. The number of carbonyl (C=O) groups is 1. The van der Waals surface area contributed by atoms with Crippen molar-refractivity contribution in [2.24, 2.45) is 0 Å². The molecule has 0 saturated heterocycles. The van der Waals surface area contributed by atoms with Gasteiger partial charge in [-0.25, -0.2) is 9.78 Å². The summed E-state index contributed by atoms with van der Waals surface area (Å²) in [6.07, 6.45) is 1.64. The Bertz CT molecular complexity index is 1160. The highest BCUT2D eigenvalue weighted by Crippen LogP contribution is 2.20. The molecule has 0 atom stereocenters. The number of pyridine rings is 2. The number of nitrogens with one attached hydrogen (secondary N) is 1. The molecule has 0 radical (unpaired) electrons. The summed E-state index contributed by atoms with van der Waals surface area (Å²) in [6, 6.07) is 9.79. The largest absolute Gasteiger partial charge is 0.478 e. The zero-order valence-electron chi connectivity index (χ0n) is 12.6. The number of hydrogen-bond acceptors (Lipinski definition) is 4. The maximum atomic E-state index is 12.8. The van der Waals surface area contributed by atoms with Gasteiger partial charge in [-0.15, -0.1) is 0 Å². The van der Waals surface area contributed by atoms with Gasteiger partial charge in [0.15, 0.2) is 5.82 Å². The lowest BCUT2D eigenvalue weighted by molar-refractivity contribution is 0.0697. The predicted molar refractivity (Wildman–Crippen MR) is 88.7 cm³/mol. The van der Waals surface area contributed by atoms with Crippen LogP contribution in [0.5, 0.6) is 0 Å². The molecule has 7 nitrogen and oxygen atoms in total. The van der Waals surface area contributed by atoms with E-state index in [1.807, 2.05) is 6.07 Å². The molecule has 0 unspecified atom stereocenters. The zero-order valence-corrected chi connectivity index (χ0v) is 12.6. The van der Waals surface area contributed by atoms with E-state index in [2.05, 4.69) is 15.1 Å². The maximum Gasteiger partial charge on any atom is 0.335 e. The van der Waals surface area contributed by atoms with E-state index >= 15 is 0 Å². The number of carboxylic acid groups (broad SMARTS) is 1. The molecule has 7 heteroatoms. The van der Waals surface area contributed by atoms with Crippen LogP contribution in [-0.4, -0.2) is 30.8 Å². The minimum atomic E-state index is -1.05. The number of rotatable bonds is 2. The van der Waals surface area contributed by atoms with E-state index in [4.69, 9.17) is 5.11 Å². The fourth-order valence-electron chi connectivity index (χ4n) is 2.80. The van der Waals surface area contributed by atoms with E-state index in [0.717, 1.165) is 0 Å². The quantitative estimate of drug-likeness (QED) is 0.590. The standard InChI is InChI=1S/C17H12N4O3/c1-9-14-15(22)11-6-5-10(17(23)24)8-12(11)19-16(14)21(20-9)13-4-2-3-7-18-13/h2-8H,1H3,(H,19,22)(H,23,24). The average molecular weight is 320 g/mol. The van der Waals surface area contributed by atoms with Crippen molar-refractivity contribution < 1.29 is 9.90 Å². The smallest absolute Gasteiger partial charge is 0.335 e. The van der Waals surface area contributed by atoms with Gasteiger partial charge in [0, 0.05) is 11.6 Å². The van der Waals surface area contributed by atoms with Crippen LogP contribution in [0.25, 0.3) is 27.8 Å². The normalized spacial score (nSPS) is 11.2. The Balaban J connectivity index is 2.13. The summed E-state index contributed by atoms with van der Waals surface area (Å²) in [5, 5.41) is 14.4. The maximum absolute atomic E-state index is 12.8. The van der Waals surface area contributed by atoms with Crippen LogP contribution in [0.3, 0.4) is 0 Å². The third-order valence-corrected chi connectivity index (χ3v) is 3.92. The van der Waals surface area contributed by atoms with E-state index in [1.165, 1.54) is 18.2 Å². The molecule has 0 saturated carbocycles. The van der Waals surface area contributed by atoms with Gasteiger partial charge in [0.25, 0.3) is 0 Å². The summed E-state index contributed by atoms with van der Waals surface area (Å²) in [7, 11) is 0. The van der Waals surface area contributed by atoms with Crippen molar-refractivity contribution >= 4 is 27.9 Å². The van der Waals surface area contributed by atoms with Crippen molar-refractivity contribution in [2.45, 2.75) is 6.92 Å². The molecule has 0 aliphatic heterocycles. The lowest BCUT2D eigenvalue weighted by atomic mass is 10.1. The molecule has 4 aromatic rings. The number of nitrogens with zero attached hydrogens (tertiary/aromatic N) is 3. The van der Waals surface area contributed by atoms with Gasteiger partial charge in [-0.05, 0) is 37.3 Å². The number of aromatic carboxylic acids is 1. The highest BCUT2D eigenvalue weighted by atomic mass is 16.4. The summed E-state index contributed by atoms with van der Waals surface area (Å²) in [4.78, 5) is 31.3. The lowest BCUT2D eigenvalue weighted by Crippen LogP contribution is -2.07. The van der Waals surface area contributed by atoms with Crippen molar-refractivity contribution in [2.75, 3.05) is 0 Å². The molecule has 0 fully saturated rings. The van der Waals surface area contributed by atoms with Crippen molar-refractivity contribution in [1.82, 2.24) is 19.7 Å². The molecule has 0 aliphatic carbocycles. The highest BCUT2D eigenvalue weighted by molar-refractivity contribution is 5.97. The van der Waals surface area contributed by atoms with E-state index < -0.39 is 5.97 Å². The number of fused-ring (bicyclic) bond motifs is 2. The molecule has 3 aromatic heterocycles. The van der Waals surface area contributed by atoms with E-state index in [9.17, 15) is 9.59 Å². The van der Waals surface area contributed by atoms with Crippen molar-refractivity contribution in [3.05, 3.63) is 64.1 Å².